The SMILES string of the molecule is Fc1ccc(N2CCN(c3cc(Nc4cccc(F)c4)ncn3)CC2)cc1. The number of piperazine rings is 1. The van der Waals surface area contributed by atoms with Crippen LogP contribution in [0.15, 0.2) is 60.9 Å². The maximum atomic E-state index is 13.3. The molecule has 0 spiro atoms. The van der Waals surface area contributed by atoms with Crippen molar-refractivity contribution < 1.29 is 8.78 Å². The fraction of sp³-hybridized carbons (Fsp3) is 0.200. The van der Waals surface area contributed by atoms with Gasteiger partial charge in [-0.3, -0.25) is 0 Å². The van der Waals surface area contributed by atoms with Gasteiger partial charge in [0.2, 0.25) is 0 Å². The monoisotopic (exact) mass is 367 g/mol. The second kappa shape index (κ2) is 7.57. The summed E-state index contributed by atoms with van der Waals surface area (Å²) >= 11 is 0. The highest BCUT2D eigenvalue weighted by molar-refractivity contribution is 5.59. The third kappa shape index (κ3) is 4.13. The average Bonchev–Trinajstić information content (AvgIpc) is 2.69. The van der Waals surface area contributed by atoms with E-state index in [-0.39, 0.29) is 11.6 Å². The standard InChI is InChI=1S/C20H19F2N5/c21-15-4-6-18(7-5-15)26-8-10-27(11-9-26)20-13-19(23-14-24-20)25-17-3-1-2-16(22)12-17/h1-7,12-14H,8-11H2,(H,23,24,25). The highest BCUT2D eigenvalue weighted by Gasteiger charge is 2.19. The Bertz CT molecular complexity index is 908. The zero-order chi connectivity index (χ0) is 18.6. The van der Waals surface area contributed by atoms with Gasteiger partial charge in [0.25, 0.3) is 0 Å². The molecule has 0 saturated carbocycles. The number of aromatic nitrogens is 2. The lowest BCUT2D eigenvalue weighted by atomic mass is 10.2. The molecule has 0 unspecified atom stereocenters. The van der Waals surface area contributed by atoms with Crippen molar-refractivity contribution in [3.8, 4) is 0 Å². The molecule has 0 radical (unpaired) electrons. The van der Waals surface area contributed by atoms with Crippen molar-refractivity contribution >= 4 is 23.0 Å². The van der Waals surface area contributed by atoms with Crippen molar-refractivity contribution in [2.75, 3.05) is 41.3 Å². The van der Waals surface area contributed by atoms with Crippen LogP contribution in [0.5, 0.6) is 0 Å². The van der Waals surface area contributed by atoms with E-state index in [1.807, 2.05) is 6.07 Å². The molecule has 1 aliphatic heterocycles. The molecule has 0 aliphatic carbocycles. The maximum absolute atomic E-state index is 13.3. The minimum absolute atomic E-state index is 0.225. The summed E-state index contributed by atoms with van der Waals surface area (Å²) in [5.74, 6) is 0.914. The van der Waals surface area contributed by atoms with E-state index in [1.54, 1.807) is 24.3 Å². The highest BCUT2D eigenvalue weighted by Crippen LogP contribution is 2.22. The molecular weight excluding hydrogens is 348 g/mol. The van der Waals surface area contributed by atoms with Gasteiger partial charge in [-0.05, 0) is 42.5 Å². The van der Waals surface area contributed by atoms with Crippen molar-refractivity contribution in [1.29, 1.82) is 0 Å². The molecule has 1 aromatic heterocycles. The lowest BCUT2D eigenvalue weighted by Gasteiger charge is -2.36. The first-order chi connectivity index (χ1) is 13.2. The van der Waals surface area contributed by atoms with Crippen LogP contribution >= 0.6 is 0 Å². The maximum Gasteiger partial charge on any atom is 0.135 e. The Hall–Kier alpha value is -3.22. The van der Waals surface area contributed by atoms with E-state index < -0.39 is 0 Å². The van der Waals surface area contributed by atoms with Crippen LogP contribution in [-0.2, 0) is 0 Å². The number of halogens is 2. The summed E-state index contributed by atoms with van der Waals surface area (Å²) < 4.78 is 26.4. The van der Waals surface area contributed by atoms with E-state index in [4.69, 9.17) is 0 Å². The van der Waals surface area contributed by atoms with Crippen LogP contribution in [0.25, 0.3) is 0 Å². The van der Waals surface area contributed by atoms with Crippen LogP contribution < -0.4 is 15.1 Å². The molecule has 2 heterocycles. The molecule has 5 nitrogen and oxygen atoms in total. The fourth-order valence-corrected chi connectivity index (χ4v) is 3.15. The summed E-state index contributed by atoms with van der Waals surface area (Å²) in [5, 5.41) is 3.10. The van der Waals surface area contributed by atoms with Crippen molar-refractivity contribution in [3.63, 3.8) is 0 Å². The molecule has 1 N–H and O–H groups in total. The smallest absolute Gasteiger partial charge is 0.135 e. The van der Waals surface area contributed by atoms with Crippen LogP contribution in [0.2, 0.25) is 0 Å². The van der Waals surface area contributed by atoms with E-state index in [0.717, 1.165) is 37.7 Å². The van der Waals surface area contributed by atoms with Gasteiger partial charge in [-0.1, -0.05) is 6.07 Å². The minimum atomic E-state index is -0.300. The number of rotatable bonds is 4. The van der Waals surface area contributed by atoms with Gasteiger partial charge in [0.1, 0.15) is 29.6 Å². The lowest BCUT2D eigenvalue weighted by Crippen LogP contribution is -2.46. The second-order valence-corrected chi connectivity index (χ2v) is 6.35. The Morgan fingerprint density at radius 3 is 2.26 bits per heavy atom. The van der Waals surface area contributed by atoms with Crippen LogP contribution in [-0.4, -0.2) is 36.1 Å². The van der Waals surface area contributed by atoms with Crippen molar-refractivity contribution in [3.05, 3.63) is 72.6 Å². The van der Waals surface area contributed by atoms with E-state index in [2.05, 4.69) is 25.1 Å². The predicted molar refractivity (Wildman–Crippen MR) is 103 cm³/mol. The van der Waals surface area contributed by atoms with Gasteiger partial charge in [0, 0.05) is 43.6 Å². The predicted octanol–water partition coefficient (Wildman–Crippen LogP) is 3.83. The summed E-state index contributed by atoms with van der Waals surface area (Å²) in [7, 11) is 0. The molecule has 0 amide bonds. The molecule has 1 fully saturated rings. The first kappa shape index (κ1) is 17.2. The molecule has 0 atom stereocenters. The topological polar surface area (TPSA) is 44.3 Å². The summed E-state index contributed by atoms with van der Waals surface area (Å²) in [6.07, 6.45) is 1.50. The Labute approximate surface area is 156 Å². The minimum Gasteiger partial charge on any atom is -0.368 e. The van der Waals surface area contributed by atoms with Crippen molar-refractivity contribution in [1.82, 2.24) is 9.97 Å². The number of hydrogen-bond donors (Lipinski definition) is 1. The van der Waals surface area contributed by atoms with Crippen LogP contribution in [0.1, 0.15) is 0 Å². The zero-order valence-electron chi connectivity index (χ0n) is 14.6. The number of hydrogen-bond acceptors (Lipinski definition) is 5. The van der Waals surface area contributed by atoms with Gasteiger partial charge in [-0.15, -0.1) is 0 Å². The van der Waals surface area contributed by atoms with E-state index in [1.165, 1.54) is 30.6 Å². The molecule has 1 aliphatic rings. The average molecular weight is 367 g/mol. The van der Waals surface area contributed by atoms with Gasteiger partial charge in [0.15, 0.2) is 0 Å². The molecule has 3 aromatic rings. The van der Waals surface area contributed by atoms with Gasteiger partial charge in [-0.2, -0.15) is 0 Å². The molecule has 7 heteroatoms. The molecule has 4 rings (SSSR count). The van der Waals surface area contributed by atoms with Crippen molar-refractivity contribution in [2.45, 2.75) is 0 Å². The Kier molecular flexibility index (Phi) is 4.82. The molecule has 138 valence electrons. The van der Waals surface area contributed by atoms with E-state index in [9.17, 15) is 8.78 Å². The lowest BCUT2D eigenvalue weighted by molar-refractivity contribution is 0.624. The van der Waals surface area contributed by atoms with Gasteiger partial charge in [0.05, 0.1) is 0 Å². The fourth-order valence-electron chi connectivity index (χ4n) is 3.15. The second-order valence-electron chi connectivity index (χ2n) is 6.35. The Morgan fingerprint density at radius 2 is 1.52 bits per heavy atom. The molecule has 27 heavy (non-hydrogen) atoms. The molecule has 2 aromatic carbocycles. The Morgan fingerprint density at radius 1 is 0.778 bits per heavy atom. The van der Waals surface area contributed by atoms with E-state index in [0.29, 0.717) is 11.5 Å². The first-order valence-electron chi connectivity index (χ1n) is 8.77. The summed E-state index contributed by atoms with van der Waals surface area (Å²) in [4.78, 5) is 13.0. The molecule has 0 bridgehead atoms. The number of anilines is 4. The largest absolute Gasteiger partial charge is 0.368 e. The quantitative estimate of drug-likeness (QED) is 0.759. The number of nitrogens with one attached hydrogen (secondary N) is 1. The highest BCUT2D eigenvalue weighted by atomic mass is 19.1. The van der Waals surface area contributed by atoms with Crippen LogP contribution in [0.4, 0.5) is 31.8 Å². The molecular formula is C20H19F2N5. The van der Waals surface area contributed by atoms with Crippen LogP contribution in [0, 0.1) is 11.6 Å². The zero-order valence-corrected chi connectivity index (χ0v) is 14.6. The summed E-state index contributed by atoms with van der Waals surface area (Å²) in [5.41, 5.74) is 1.66. The Balaban J connectivity index is 1.42. The van der Waals surface area contributed by atoms with Gasteiger partial charge in [-0.25, -0.2) is 18.7 Å². The van der Waals surface area contributed by atoms with Gasteiger partial charge >= 0.3 is 0 Å². The third-order valence-electron chi connectivity index (χ3n) is 4.55. The first-order valence-corrected chi connectivity index (χ1v) is 8.77. The number of benzene rings is 2. The van der Waals surface area contributed by atoms with E-state index >= 15 is 0 Å². The number of nitrogens with zero attached hydrogens (tertiary/aromatic N) is 4. The summed E-state index contributed by atoms with van der Waals surface area (Å²) in [6.45, 7) is 3.24. The normalized spacial score (nSPS) is 14.3. The van der Waals surface area contributed by atoms with Crippen LogP contribution in [0.3, 0.4) is 0 Å². The van der Waals surface area contributed by atoms with Gasteiger partial charge < -0.3 is 15.1 Å². The van der Waals surface area contributed by atoms with Crippen molar-refractivity contribution in [2.24, 2.45) is 0 Å². The summed E-state index contributed by atoms with van der Waals surface area (Å²) in [6, 6.07) is 14.7. The third-order valence-corrected chi connectivity index (χ3v) is 4.55. The molecule has 1 saturated heterocycles.